The number of nitrogens with two attached hydrogens (primary N) is 1. The molecule has 138 valence electrons. The number of aromatic hydroxyl groups is 1. The number of nitrogen functional groups attached to an aromatic ring is 1. The molecule has 1 aliphatic rings. The van der Waals surface area contributed by atoms with E-state index in [1.165, 1.54) is 0 Å². The monoisotopic (exact) mass is 356 g/mol. The number of hydrogen-bond acceptors (Lipinski definition) is 6. The van der Waals surface area contributed by atoms with Crippen molar-refractivity contribution in [2.24, 2.45) is 0 Å². The first kappa shape index (κ1) is 17.8. The van der Waals surface area contributed by atoms with E-state index in [1.807, 2.05) is 26.0 Å². The Morgan fingerprint density at radius 3 is 2.58 bits per heavy atom. The number of amides is 2. The molecule has 0 bridgehead atoms. The van der Waals surface area contributed by atoms with Crippen molar-refractivity contribution in [1.82, 2.24) is 20.2 Å². The van der Waals surface area contributed by atoms with Gasteiger partial charge in [-0.1, -0.05) is 18.2 Å². The Hall–Kier alpha value is -3.03. The molecule has 0 radical (unpaired) electrons. The Kier molecular flexibility index (Phi) is 5.11. The minimum absolute atomic E-state index is 0.140. The maximum Gasteiger partial charge on any atom is 0.317 e. The summed E-state index contributed by atoms with van der Waals surface area (Å²) in [5.74, 6) is 1.23. The number of hydrogen-bond donors (Lipinski definition) is 3. The molecule has 1 saturated heterocycles. The number of phenolic OH excluding ortho intramolecular Hbond substituents is 1. The van der Waals surface area contributed by atoms with Crippen LogP contribution in [0, 0.1) is 6.92 Å². The molecule has 2 heterocycles. The second-order valence-electron chi connectivity index (χ2n) is 6.43. The fourth-order valence-electron chi connectivity index (χ4n) is 3.08. The van der Waals surface area contributed by atoms with Crippen LogP contribution in [0.4, 0.5) is 16.6 Å². The van der Waals surface area contributed by atoms with Gasteiger partial charge in [0.15, 0.2) is 0 Å². The fraction of sp³-hybridized carbons (Fsp3) is 0.389. The van der Waals surface area contributed by atoms with Crippen LogP contribution in [-0.4, -0.2) is 52.2 Å². The van der Waals surface area contributed by atoms with E-state index in [2.05, 4.69) is 20.2 Å². The summed E-state index contributed by atoms with van der Waals surface area (Å²) in [6.07, 6.45) is 0. The topological polar surface area (TPSA) is 108 Å². The van der Waals surface area contributed by atoms with Gasteiger partial charge in [-0.2, -0.15) is 4.98 Å². The van der Waals surface area contributed by atoms with Gasteiger partial charge in [0.05, 0.1) is 6.04 Å². The normalized spacial score (nSPS) is 15.6. The van der Waals surface area contributed by atoms with Crippen LogP contribution in [0.1, 0.15) is 24.2 Å². The summed E-state index contributed by atoms with van der Waals surface area (Å²) in [5, 5.41) is 12.9. The molecule has 0 saturated carbocycles. The number of anilines is 2. The summed E-state index contributed by atoms with van der Waals surface area (Å²) in [6.45, 7) is 6.26. The number of phenols is 1. The SMILES string of the molecule is Cc1cc(N2CCN(C(=O)N[C@H](C)c3ccccc3O)CC2)nc(N)n1. The van der Waals surface area contributed by atoms with Crippen molar-refractivity contribution in [3.8, 4) is 5.75 Å². The third-order valence-corrected chi connectivity index (χ3v) is 4.49. The maximum atomic E-state index is 12.5. The first-order chi connectivity index (χ1) is 12.4. The Bertz CT molecular complexity index is 769. The number of nitrogens with one attached hydrogen (secondary N) is 1. The van der Waals surface area contributed by atoms with Crippen molar-refractivity contribution in [2.75, 3.05) is 36.8 Å². The molecule has 0 aliphatic carbocycles. The van der Waals surface area contributed by atoms with E-state index in [4.69, 9.17) is 5.73 Å². The summed E-state index contributed by atoms with van der Waals surface area (Å²) in [4.78, 5) is 24.7. The number of rotatable bonds is 3. The molecular formula is C18H24N6O2. The summed E-state index contributed by atoms with van der Waals surface area (Å²) in [6, 6.07) is 8.50. The molecule has 2 amide bonds. The Balaban J connectivity index is 1.57. The van der Waals surface area contributed by atoms with Crippen molar-refractivity contribution < 1.29 is 9.90 Å². The second kappa shape index (κ2) is 7.47. The fourth-order valence-corrected chi connectivity index (χ4v) is 3.08. The molecule has 4 N–H and O–H groups in total. The van der Waals surface area contributed by atoms with Crippen molar-refractivity contribution in [3.05, 3.63) is 41.6 Å². The Morgan fingerprint density at radius 1 is 1.23 bits per heavy atom. The lowest BCUT2D eigenvalue weighted by atomic mass is 10.1. The van der Waals surface area contributed by atoms with Gasteiger partial charge in [0.25, 0.3) is 0 Å². The summed E-state index contributed by atoms with van der Waals surface area (Å²) < 4.78 is 0. The van der Waals surface area contributed by atoms with E-state index in [-0.39, 0.29) is 23.8 Å². The molecule has 1 fully saturated rings. The lowest BCUT2D eigenvalue weighted by Crippen LogP contribution is -2.52. The number of carbonyl (C=O) groups excluding carboxylic acids is 1. The van der Waals surface area contributed by atoms with Crippen LogP contribution in [-0.2, 0) is 0 Å². The number of aromatic nitrogens is 2. The van der Waals surface area contributed by atoms with Gasteiger partial charge in [0.1, 0.15) is 11.6 Å². The van der Waals surface area contributed by atoms with E-state index in [0.29, 0.717) is 31.7 Å². The van der Waals surface area contributed by atoms with Gasteiger partial charge in [-0.05, 0) is 19.9 Å². The van der Waals surface area contributed by atoms with Crippen LogP contribution in [0.2, 0.25) is 0 Å². The first-order valence-corrected chi connectivity index (χ1v) is 8.63. The van der Waals surface area contributed by atoms with Gasteiger partial charge in [0, 0.05) is 43.5 Å². The molecule has 1 aromatic heterocycles. The van der Waals surface area contributed by atoms with Crippen LogP contribution in [0.5, 0.6) is 5.75 Å². The van der Waals surface area contributed by atoms with E-state index in [9.17, 15) is 9.90 Å². The van der Waals surface area contributed by atoms with Crippen LogP contribution in [0.15, 0.2) is 30.3 Å². The van der Waals surface area contributed by atoms with Crippen molar-refractivity contribution in [1.29, 1.82) is 0 Å². The average molecular weight is 356 g/mol. The van der Waals surface area contributed by atoms with Gasteiger partial charge in [0.2, 0.25) is 5.95 Å². The number of carbonyl (C=O) groups is 1. The van der Waals surface area contributed by atoms with Crippen LogP contribution < -0.4 is 16.0 Å². The molecule has 8 nitrogen and oxygen atoms in total. The van der Waals surface area contributed by atoms with E-state index in [1.54, 1.807) is 23.1 Å². The number of nitrogens with zero attached hydrogens (tertiary/aromatic N) is 4. The number of benzene rings is 1. The first-order valence-electron chi connectivity index (χ1n) is 8.63. The Morgan fingerprint density at radius 2 is 1.92 bits per heavy atom. The third-order valence-electron chi connectivity index (χ3n) is 4.49. The highest BCUT2D eigenvalue weighted by molar-refractivity contribution is 5.75. The number of urea groups is 1. The van der Waals surface area contributed by atoms with Crippen LogP contribution >= 0.6 is 0 Å². The quantitative estimate of drug-likeness (QED) is 0.772. The standard InChI is InChI=1S/C18H24N6O2/c1-12-11-16(22-17(19)20-12)23-7-9-24(10-8-23)18(26)21-13(2)14-5-3-4-6-15(14)25/h3-6,11,13,25H,7-10H2,1-2H3,(H,21,26)(H2,19,20,22)/t13-/m1/s1. The van der Waals surface area contributed by atoms with Gasteiger partial charge in [-0.25, -0.2) is 9.78 Å². The number of piperazine rings is 1. The van der Waals surface area contributed by atoms with Gasteiger partial charge < -0.3 is 26.0 Å². The largest absolute Gasteiger partial charge is 0.508 e. The molecule has 1 aliphatic heterocycles. The molecule has 0 unspecified atom stereocenters. The second-order valence-corrected chi connectivity index (χ2v) is 6.43. The highest BCUT2D eigenvalue weighted by atomic mass is 16.3. The Labute approximate surface area is 152 Å². The maximum absolute atomic E-state index is 12.5. The van der Waals surface area contributed by atoms with Crippen LogP contribution in [0.25, 0.3) is 0 Å². The average Bonchev–Trinajstić information content (AvgIpc) is 2.61. The molecule has 2 aromatic rings. The highest BCUT2D eigenvalue weighted by Gasteiger charge is 2.24. The van der Waals surface area contributed by atoms with Crippen molar-refractivity contribution in [3.63, 3.8) is 0 Å². The summed E-state index contributed by atoms with van der Waals surface area (Å²) >= 11 is 0. The van der Waals surface area contributed by atoms with Crippen molar-refractivity contribution >= 4 is 17.8 Å². The lowest BCUT2D eigenvalue weighted by Gasteiger charge is -2.36. The zero-order valence-electron chi connectivity index (χ0n) is 15.0. The third kappa shape index (κ3) is 3.96. The number of aryl methyl sites for hydroxylation is 1. The molecule has 1 aromatic carbocycles. The molecule has 3 rings (SSSR count). The minimum Gasteiger partial charge on any atom is -0.508 e. The smallest absolute Gasteiger partial charge is 0.317 e. The minimum atomic E-state index is -0.272. The molecule has 1 atom stereocenters. The van der Waals surface area contributed by atoms with Gasteiger partial charge >= 0.3 is 6.03 Å². The molecule has 26 heavy (non-hydrogen) atoms. The molecule has 8 heteroatoms. The number of para-hydroxylation sites is 1. The molecule has 0 spiro atoms. The van der Waals surface area contributed by atoms with E-state index >= 15 is 0 Å². The lowest BCUT2D eigenvalue weighted by molar-refractivity contribution is 0.191. The molecular weight excluding hydrogens is 332 g/mol. The summed E-state index contributed by atoms with van der Waals surface area (Å²) in [7, 11) is 0. The zero-order valence-corrected chi connectivity index (χ0v) is 15.0. The van der Waals surface area contributed by atoms with Gasteiger partial charge in [-0.15, -0.1) is 0 Å². The van der Waals surface area contributed by atoms with E-state index < -0.39 is 0 Å². The predicted molar refractivity (Wildman–Crippen MR) is 100 cm³/mol. The highest BCUT2D eigenvalue weighted by Crippen LogP contribution is 2.23. The van der Waals surface area contributed by atoms with E-state index in [0.717, 1.165) is 11.5 Å². The van der Waals surface area contributed by atoms with Crippen LogP contribution in [0.3, 0.4) is 0 Å². The summed E-state index contributed by atoms with van der Waals surface area (Å²) in [5.41, 5.74) is 7.24. The van der Waals surface area contributed by atoms with Gasteiger partial charge in [-0.3, -0.25) is 0 Å². The zero-order chi connectivity index (χ0) is 18.7. The predicted octanol–water partition coefficient (Wildman–Crippen LogP) is 1.67. The van der Waals surface area contributed by atoms with Crippen molar-refractivity contribution in [2.45, 2.75) is 19.9 Å².